The Hall–Kier alpha value is -1.83. The Balaban J connectivity index is 2.19. The Morgan fingerprint density at radius 2 is 1.77 bits per heavy atom. The number of fused-ring (bicyclic) bond motifs is 1. The van der Waals surface area contributed by atoms with E-state index in [0.717, 1.165) is 23.3 Å². The summed E-state index contributed by atoms with van der Waals surface area (Å²) in [5, 5.41) is 3.73. The van der Waals surface area contributed by atoms with Crippen LogP contribution in [0.3, 0.4) is 0 Å². The van der Waals surface area contributed by atoms with E-state index < -0.39 is 0 Å². The number of hydrogen-bond donors (Lipinski definition) is 1. The number of allylic oxidation sites excluding steroid dienone is 2. The van der Waals surface area contributed by atoms with E-state index in [1.54, 1.807) is 6.92 Å². The van der Waals surface area contributed by atoms with Gasteiger partial charge >= 0.3 is 0 Å². The fourth-order valence-electron chi connectivity index (χ4n) is 4.05. The van der Waals surface area contributed by atoms with Crippen LogP contribution >= 0.6 is 0 Å². The second-order valence-electron chi connectivity index (χ2n) is 7.46. The highest BCUT2D eigenvalue weighted by atomic mass is 16.1. The third-order valence-corrected chi connectivity index (χ3v) is 5.20. The molecule has 0 aromatic heterocycles. The number of hydrogen-bond acceptors (Lipinski definition) is 2. The zero-order chi connectivity index (χ0) is 16.0. The summed E-state index contributed by atoms with van der Waals surface area (Å²) in [7, 11) is 0. The van der Waals surface area contributed by atoms with Gasteiger partial charge in [-0.15, -0.1) is 0 Å². The zero-order valence-electron chi connectivity index (χ0n) is 14.0. The number of dihydropyridines is 1. The van der Waals surface area contributed by atoms with Crippen LogP contribution in [0, 0.1) is 5.41 Å². The van der Waals surface area contributed by atoms with Gasteiger partial charge in [-0.1, -0.05) is 44.2 Å². The highest BCUT2D eigenvalue weighted by molar-refractivity contribution is 6.04. The Kier molecular flexibility index (Phi) is 3.51. The van der Waals surface area contributed by atoms with E-state index in [9.17, 15) is 4.79 Å². The van der Waals surface area contributed by atoms with Gasteiger partial charge in [0.2, 0.25) is 0 Å². The molecule has 2 aliphatic rings. The van der Waals surface area contributed by atoms with Crippen molar-refractivity contribution in [2.24, 2.45) is 5.41 Å². The van der Waals surface area contributed by atoms with Crippen molar-refractivity contribution in [2.75, 3.05) is 0 Å². The van der Waals surface area contributed by atoms with Crippen LogP contribution in [-0.4, -0.2) is 11.3 Å². The van der Waals surface area contributed by atoms with Gasteiger partial charge in [-0.3, -0.25) is 4.79 Å². The van der Waals surface area contributed by atoms with Crippen molar-refractivity contribution in [3.05, 3.63) is 53.1 Å². The maximum Gasteiger partial charge on any atom is 0.161 e. The smallest absolute Gasteiger partial charge is 0.161 e. The van der Waals surface area contributed by atoms with E-state index >= 15 is 0 Å². The molecule has 1 unspecified atom stereocenters. The Morgan fingerprint density at radius 1 is 1.09 bits per heavy atom. The van der Waals surface area contributed by atoms with Crippen molar-refractivity contribution >= 4 is 11.5 Å². The van der Waals surface area contributed by atoms with E-state index in [1.165, 1.54) is 18.4 Å². The number of nitrogens with one attached hydrogen (secondary N) is 1. The van der Waals surface area contributed by atoms with Gasteiger partial charge in [0.05, 0.1) is 11.2 Å². The van der Waals surface area contributed by atoms with E-state index in [1.807, 2.05) is 18.2 Å². The number of Topliss-reactive ketones (excluding diaryl/α,β-unsaturated/α-hetero) is 1. The molecule has 0 bridgehead atoms. The first kappa shape index (κ1) is 15.1. The normalized spacial score (nSPS) is 26.8. The van der Waals surface area contributed by atoms with Crippen LogP contribution in [0.1, 0.15) is 52.5 Å². The lowest BCUT2D eigenvalue weighted by Gasteiger charge is -2.49. The molecule has 2 heteroatoms. The van der Waals surface area contributed by atoms with Crippen LogP contribution in [0.5, 0.6) is 0 Å². The molecule has 1 atom stereocenters. The third-order valence-electron chi connectivity index (χ3n) is 5.20. The first-order valence-electron chi connectivity index (χ1n) is 8.15. The van der Waals surface area contributed by atoms with Gasteiger partial charge in [0.15, 0.2) is 5.78 Å². The summed E-state index contributed by atoms with van der Waals surface area (Å²) in [6, 6.07) is 10.2. The van der Waals surface area contributed by atoms with Crippen LogP contribution in [-0.2, 0) is 4.79 Å². The molecule has 1 fully saturated rings. The van der Waals surface area contributed by atoms with E-state index in [4.69, 9.17) is 0 Å². The molecule has 0 radical (unpaired) electrons. The fraction of sp³-hybridized carbons (Fsp3) is 0.450. The molecule has 1 aromatic rings. The average molecular weight is 295 g/mol. The zero-order valence-corrected chi connectivity index (χ0v) is 14.0. The first-order chi connectivity index (χ1) is 10.3. The molecule has 3 rings (SSSR count). The molecule has 1 aromatic carbocycles. The van der Waals surface area contributed by atoms with Crippen molar-refractivity contribution in [2.45, 2.75) is 52.5 Å². The van der Waals surface area contributed by atoms with Gasteiger partial charge in [0.25, 0.3) is 0 Å². The summed E-state index contributed by atoms with van der Waals surface area (Å²) in [4.78, 5) is 12.2. The molecule has 0 amide bonds. The minimum absolute atomic E-state index is 0.0497. The predicted octanol–water partition coefficient (Wildman–Crippen LogP) is 4.49. The summed E-state index contributed by atoms with van der Waals surface area (Å²) in [6.45, 7) is 8.53. The lowest BCUT2D eigenvalue weighted by Crippen LogP contribution is -2.52. The highest BCUT2D eigenvalue weighted by Gasteiger charge is 2.44. The van der Waals surface area contributed by atoms with Crippen molar-refractivity contribution in [1.82, 2.24) is 5.32 Å². The SMILES string of the molecule is CC(=O)C1=C(c2ccccc2)NC2(C)CCCC(C)(C)C2=C1. The van der Waals surface area contributed by atoms with Gasteiger partial charge in [0.1, 0.15) is 0 Å². The quantitative estimate of drug-likeness (QED) is 0.871. The van der Waals surface area contributed by atoms with Crippen molar-refractivity contribution in [1.29, 1.82) is 0 Å². The Bertz CT molecular complexity index is 666. The van der Waals surface area contributed by atoms with Crippen LogP contribution in [0.2, 0.25) is 0 Å². The lowest BCUT2D eigenvalue weighted by molar-refractivity contribution is -0.113. The monoisotopic (exact) mass is 295 g/mol. The summed E-state index contributed by atoms with van der Waals surface area (Å²) in [5.74, 6) is 0.127. The van der Waals surface area contributed by atoms with Gasteiger partial charge < -0.3 is 5.32 Å². The number of ketones is 1. The number of rotatable bonds is 2. The molecule has 2 nitrogen and oxygen atoms in total. The lowest BCUT2D eigenvalue weighted by atomic mass is 9.62. The molecule has 1 heterocycles. The predicted molar refractivity (Wildman–Crippen MR) is 91.3 cm³/mol. The molecule has 116 valence electrons. The highest BCUT2D eigenvalue weighted by Crippen LogP contribution is 2.49. The molecule has 0 spiro atoms. The summed E-state index contributed by atoms with van der Waals surface area (Å²) in [5.41, 5.74) is 4.35. The second kappa shape index (κ2) is 5.12. The Labute approximate surface area is 133 Å². The second-order valence-corrected chi connectivity index (χ2v) is 7.46. The number of carbonyl (C=O) groups is 1. The van der Waals surface area contributed by atoms with Crippen LogP contribution in [0.4, 0.5) is 0 Å². The molecule has 1 N–H and O–H groups in total. The minimum atomic E-state index is -0.0497. The van der Waals surface area contributed by atoms with Crippen LogP contribution in [0.15, 0.2) is 47.6 Å². The summed E-state index contributed by atoms with van der Waals surface area (Å²) >= 11 is 0. The molecular weight excluding hydrogens is 270 g/mol. The molecule has 0 saturated heterocycles. The number of carbonyl (C=O) groups excluding carboxylic acids is 1. The van der Waals surface area contributed by atoms with Crippen LogP contribution in [0.25, 0.3) is 5.70 Å². The largest absolute Gasteiger partial charge is 0.375 e. The van der Waals surface area contributed by atoms with Gasteiger partial charge in [-0.25, -0.2) is 0 Å². The third kappa shape index (κ3) is 2.41. The van der Waals surface area contributed by atoms with E-state index in [-0.39, 0.29) is 16.7 Å². The van der Waals surface area contributed by atoms with Gasteiger partial charge in [-0.2, -0.15) is 0 Å². The maximum absolute atomic E-state index is 12.2. The molecule has 1 aliphatic heterocycles. The average Bonchev–Trinajstić information content (AvgIpc) is 2.46. The molecule has 1 saturated carbocycles. The summed E-state index contributed by atoms with van der Waals surface area (Å²) < 4.78 is 0. The maximum atomic E-state index is 12.2. The van der Waals surface area contributed by atoms with Crippen LogP contribution < -0.4 is 5.32 Å². The van der Waals surface area contributed by atoms with E-state index in [0.29, 0.717) is 0 Å². The molecule has 22 heavy (non-hydrogen) atoms. The summed E-state index contributed by atoms with van der Waals surface area (Å²) in [6.07, 6.45) is 5.68. The van der Waals surface area contributed by atoms with E-state index in [2.05, 4.69) is 44.3 Å². The topological polar surface area (TPSA) is 29.1 Å². The first-order valence-corrected chi connectivity index (χ1v) is 8.15. The number of benzene rings is 1. The molecular formula is C20H25NO. The standard InChI is InChI=1S/C20H25NO/c1-14(22)16-13-17-19(2,3)11-8-12-20(17,4)21-18(16)15-9-6-5-7-10-15/h5-7,9-10,13,21H,8,11-12H2,1-4H3. The molecule has 1 aliphatic carbocycles. The minimum Gasteiger partial charge on any atom is -0.375 e. The van der Waals surface area contributed by atoms with Crippen molar-refractivity contribution < 1.29 is 4.79 Å². The Morgan fingerprint density at radius 3 is 2.41 bits per heavy atom. The fourth-order valence-corrected chi connectivity index (χ4v) is 4.05. The van der Waals surface area contributed by atoms with Crippen molar-refractivity contribution in [3.63, 3.8) is 0 Å². The van der Waals surface area contributed by atoms with Crippen molar-refractivity contribution in [3.8, 4) is 0 Å². The van der Waals surface area contributed by atoms with Gasteiger partial charge in [0, 0.05) is 5.57 Å². The van der Waals surface area contributed by atoms with Gasteiger partial charge in [-0.05, 0) is 55.7 Å².